The molecule has 1 aliphatic rings. The third-order valence-corrected chi connectivity index (χ3v) is 1.96. The second-order valence-electron chi connectivity index (χ2n) is 2.51. The summed E-state index contributed by atoms with van der Waals surface area (Å²) < 4.78 is 0. The second-order valence-corrected chi connectivity index (χ2v) is 2.95. The molecule has 1 aromatic carbocycles. The number of benzene rings is 1. The number of hydrogen-bond donors (Lipinski definition) is 1. The quantitative estimate of drug-likeness (QED) is 0.624. The van der Waals surface area contributed by atoms with Crippen molar-refractivity contribution in [3.05, 3.63) is 34.9 Å². The lowest BCUT2D eigenvalue weighted by molar-refractivity contribution is 1.31. The van der Waals surface area contributed by atoms with Crippen LogP contribution in [0.15, 0.2) is 24.3 Å². The Balaban J connectivity index is 2.54. The number of halogens is 1. The molecule has 0 amide bonds. The molecule has 0 spiro atoms. The average Bonchev–Trinajstić information content (AvgIpc) is 2.04. The highest BCUT2D eigenvalue weighted by atomic mass is 35.5. The summed E-state index contributed by atoms with van der Waals surface area (Å²) in [6.45, 7) is 0.911. The fourth-order valence-electron chi connectivity index (χ4n) is 1.19. The highest BCUT2D eigenvalue weighted by molar-refractivity contribution is 6.30. The van der Waals surface area contributed by atoms with Gasteiger partial charge in [-0.2, -0.15) is 0 Å². The van der Waals surface area contributed by atoms with Crippen LogP contribution in [0, 0.1) is 0 Å². The fraction of sp³-hybridized carbons (Fsp3) is 0.111. The van der Waals surface area contributed by atoms with E-state index in [9.17, 15) is 0 Å². The van der Waals surface area contributed by atoms with E-state index < -0.39 is 0 Å². The van der Waals surface area contributed by atoms with Crippen LogP contribution in [0.5, 0.6) is 0 Å². The summed E-state index contributed by atoms with van der Waals surface area (Å²) in [4.78, 5) is 0. The number of fused-ring (bicyclic) bond motifs is 1. The lowest BCUT2D eigenvalue weighted by atomic mass is 10.1. The Hall–Kier alpha value is -0.950. The molecule has 0 unspecified atom stereocenters. The zero-order valence-electron chi connectivity index (χ0n) is 5.97. The van der Waals surface area contributed by atoms with Crippen molar-refractivity contribution in [1.82, 2.24) is 0 Å². The molecule has 0 radical (unpaired) electrons. The van der Waals surface area contributed by atoms with E-state index in [2.05, 4.69) is 17.5 Å². The van der Waals surface area contributed by atoms with Gasteiger partial charge in [0, 0.05) is 17.3 Å². The number of hydrogen-bond acceptors (Lipinski definition) is 1. The van der Waals surface area contributed by atoms with E-state index in [-0.39, 0.29) is 0 Å². The largest absolute Gasteiger partial charge is 0.381 e. The van der Waals surface area contributed by atoms with Crippen molar-refractivity contribution in [2.75, 3.05) is 11.9 Å². The summed E-state index contributed by atoms with van der Waals surface area (Å²) in [5, 5.41) is 4.03. The average molecular weight is 166 g/mol. The van der Waals surface area contributed by atoms with Gasteiger partial charge in [0.2, 0.25) is 0 Å². The first-order valence-electron chi connectivity index (χ1n) is 3.56. The van der Waals surface area contributed by atoms with Crippen molar-refractivity contribution >= 4 is 23.4 Å². The summed E-state index contributed by atoms with van der Waals surface area (Å²) in [5.74, 6) is 0. The van der Waals surface area contributed by atoms with Gasteiger partial charge in [-0.05, 0) is 23.8 Å². The molecule has 56 valence electrons. The van der Waals surface area contributed by atoms with Crippen molar-refractivity contribution in [3.63, 3.8) is 0 Å². The topological polar surface area (TPSA) is 12.0 Å². The molecule has 1 heterocycles. The SMILES string of the molecule is Clc1ccc2c(c1)C=CCN2. The van der Waals surface area contributed by atoms with Crippen LogP contribution in [0.1, 0.15) is 5.56 Å². The molecule has 0 bridgehead atoms. The van der Waals surface area contributed by atoms with E-state index in [0.717, 1.165) is 17.3 Å². The second kappa shape index (κ2) is 2.59. The van der Waals surface area contributed by atoms with Crippen LogP contribution in [-0.4, -0.2) is 6.54 Å². The zero-order valence-corrected chi connectivity index (χ0v) is 6.73. The minimum Gasteiger partial charge on any atom is -0.381 e. The van der Waals surface area contributed by atoms with E-state index in [1.54, 1.807) is 0 Å². The first-order chi connectivity index (χ1) is 5.36. The van der Waals surface area contributed by atoms with Gasteiger partial charge in [-0.25, -0.2) is 0 Å². The van der Waals surface area contributed by atoms with Crippen LogP contribution in [0.3, 0.4) is 0 Å². The van der Waals surface area contributed by atoms with Gasteiger partial charge in [-0.3, -0.25) is 0 Å². The molecule has 0 saturated carbocycles. The van der Waals surface area contributed by atoms with E-state index in [4.69, 9.17) is 11.6 Å². The molecular weight excluding hydrogens is 158 g/mol. The Morgan fingerprint density at radius 3 is 3.18 bits per heavy atom. The Morgan fingerprint density at radius 2 is 2.27 bits per heavy atom. The predicted molar refractivity (Wildman–Crippen MR) is 49.0 cm³/mol. The van der Waals surface area contributed by atoms with Gasteiger partial charge in [0.05, 0.1) is 0 Å². The van der Waals surface area contributed by atoms with Crippen LogP contribution >= 0.6 is 11.6 Å². The molecule has 2 rings (SSSR count). The molecule has 1 aromatic rings. The molecule has 0 aliphatic carbocycles. The zero-order chi connectivity index (χ0) is 7.68. The summed E-state index contributed by atoms with van der Waals surface area (Å²) in [5.41, 5.74) is 2.33. The van der Waals surface area contributed by atoms with Crippen LogP contribution < -0.4 is 5.32 Å². The van der Waals surface area contributed by atoms with Gasteiger partial charge in [0.15, 0.2) is 0 Å². The van der Waals surface area contributed by atoms with E-state index in [1.807, 2.05) is 18.2 Å². The highest BCUT2D eigenvalue weighted by Gasteiger charge is 2.01. The molecular formula is C9H8ClN. The molecule has 1 nitrogen and oxygen atoms in total. The van der Waals surface area contributed by atoms with Gasteiger partial charge >= 0.3 is 0 Å². The Morgan fingerprint density at radius 1 is 1.36 bits per heavy atom. The van der Waals surface area contributed by atoms with Crippen molar-refractivity contribution < 1.29 is 0 Å². The maximum Gasteiger partial charge on any atom is 0.0417 e. The van der Waals surface area contributed by atoms with Gasteiger partial charge in [-0.15, -0.1) is 0 Å². The predicted octanol–water partition coefficient (Wildman–Crippen LogP) is 2.78. The maximum absolute atomic E-state index is 5.81. The Bertz CT molecular complexity index is 304. The first-order valence-corrected chi connectivity index (χ1v) is 3.94. The smallest absolute Gasteiger partial charge is 0.0417 e. The van der Waals surface area contributed by atoms with Crippen molar-refractivity contribution in [1.29, 1.82) is 0 Å². The Labute approximate surface area is 70.7 Å². The standard InChI is InChI=1S/C9H8ClN/c10-8-3-4-9-7(6-8)2-1-5-11-9/h1-4,6,11H,5H2. The lowest BCUT2D eigenvalue weighted by Crippen LogP contribution is -2.03. The summed E-state index contributed by atoms with van der Waals surface area (Å²) in [6, 6.07) is 5.85. The third kappa shape index (κ3) is 1.24. The van der Waals surface area contributed by atoms with Gasteiger partial charge < -0.3 is 5.32 Å². The van der Waals surface area contributed by atoms with Gasteiger partial charge in [-0.1, -0.05) is 23.8 Å². The highest BCUT2D eigenvalue weighted by Crippen LogP contribution is 2.23. The molecule has 0 aromatic heterocycles. The minimum absolute atomic E-state index is 0.789. The van der Waals surface area contributed by atoms with Crippen molar-refractivity contribution in [2.45, 2.75) is 0 Å². The minimum atomic E-state index is 0.789. The van der Waals surface area contributed by atoms with E-state index in [1.165, 1.54) is 5.56 Å². The maximum atomic E-state index is 5.81. The van der Waals surface area contributed by atoms with Crippen LogP contribution in [0.2, 0.25) is 5.02 Å². The Kier molecular flexibility index (Phi) is 1.59. The van der Waals surface area contributed by atoms with Crippen LogP contribution in [-0.2, 0) is 0 Å². The third-order valence-electron chi connectivity index (χ3n) is 1.72. The lowest BCUT2D eigenvalue weighted by Gasteiger charge is -2.12. The molecule has 11 heavy (non-hydrogen) atoms. The van der Waals surface area contributed by atoms with Crippen LogP contribution in [0.4, 0.5) is 5.69 Å². The fourth-order valence-corrected chi connectivity index (χ4v) is 1.37. The summed E-state index contributed by atoms with van der Waals surface area (Å²) in [6.07, 6.45) is 4.16. The molecule has 0 atom stereocenters. The molecule has 0 fully saturated rings. The van der Waals surface area contributed by atoms with Crippen molar-refractivity contribution in [3.8, 4) is 0 Å². The van der Waals surface area contributed by atoms with Crippen molar-refractivity contribution in [2.24, 2.45) is 0 Å². The number of anilines is 1. The monoisotopic (exact) mass is 165 g/mol. The summed E-state index contributed by atoms with van der Waals surface area (Å²) in [7, 11) is 0. The first kappa shape index (κ1) is 6.74. The van der Waals surface area contributed by atoms with E-state index in [0.29, 0.717) is 0 Å². The molecule has 1 aliphatic heterocycles. The van der Waals surface area contributed by atoms with Gasteiger partial charge in [0.1, 0.15) is 0 Å². The summed E-state index contributed by atoms with van der Waals surface area (Å²) >= 11 is 5.81. The molecule has 0 saturated heterocycles. The molecule has 2 heteroatoms. The van der Waals surface area contributed by atoms with Gasteiger partial charge in [0.25, 0.3) is 0 Å². The van der Waals surface area contributed by atoms with Crippen LogP contribution in [0.25, 0.3) is 6.08 Å². The molecule has 1 N–H and O–H groups in total. The van der Waals surface area contributed by atoms with E-state index >= 15 is 0 Å². The normalized spacial score (nSPS) is 13.9. The number of rotatable bonds is 0. The number of nitrogens with one attached hydrogen (secondary N) is 1.